The van der Waals surface area contributed by atoms with Crippen LogP contribution < -0.4 is 4.72 Å². The SMILES string of the molecule is CC(C)(C)c1ccc(S(=O)(=O)NCC(=O)N2CC(S(=O)(=O)Cc3ccco3)C2)cc1. The molecule has 2 heterocycles. The van der Waals surface area contributed by atoms with Crippen molar-refractivity contribution in [3.05, 3.63) is 54.0 Å². The Balaban J connectivity index is 1.52. The summed E-state index contributed by atoms with van der Waals surface area (Å²) in [5.74, 6) is -0.330. The minimum absolute atomic E-state index is 0.0455. The summed E-state index contributed by atoms with van der Waals surface area (Å²) in [6.07, 6.45) is 1.41. The molecule has 1 amide bonds. The van der Waals surface area contributed by atoms with Gasteiger partial charge in [0.15, 0.2) is 9.84 Å². The fraction of sp³-hybridized carbons (Fsp3) is 0.450. The van der Waals surface area contributed by atoms with Gasteiger partial charge in [0.1, 0.15) is 11.5 Å². The van der Waals surface area contributed by atoms with Crippen molar-refractivity contribution in [2.75, 3.05) is 19.6 Å². The average Bonchev–Trinajstić information content (AvgIpc) is 3.10. The van der Waals surface area contributed by atoms with E-state index < -0.39 is 37.6 Å². The van der Waals surface area contributed by atoms with Crippen LogP contribution in [-0.4, -0.2) is 52.5 Å². The third-order valence-electron chi connectivity index (χ3n) is 5.08. The Morgan fingerprint density at radius 3 is 2.27 bits per heavy atom. The van der Waals surface area contributed by atoms with E-state index in [1.165, 1.54) is 23.3 Å². The molecule has 0 aliphatic carbocycles. The number of rotatable bonds is 7. The van der Waals surface area contributed by atoms with Crippen molar-refractivity contribution in [1.29, 1.82) is 0 Å². The van der Waals surface area contributed by atoms with E-state index in [2.05, 4.69) is 4.72 Å². The molecule has 0 radical (unpaired) electrons. The zero-order valence-corrected chi connectivity index (χ0v) is 18.8. The molecule has 1 N–H and O–H groups in total. The minimum Gasteiger partial charge on any atom is -0.468 e. The highest BCUT2D eigenvalue weighted by molar-refractivity contribution is 7.91. The van der Waals surface area contributed by atoms with Crippen LogP contribution in [0.5, 0.6) is 0 Å². The fourth-order valence-corrected chi connectivity index (χ4v) is 5.65. The Bertz CT molecular complexity index is 1090. The number of amides is 1. The van der Waals surface area contributed by atoms with Crippen LogP contribution in [0.2, 0.25) is 0 Å². The van der Waals surface area contributed by atoms with Crippen molar-refractivity contribution >= 4 is 25.8 Å². The summed E-state index contributed by atoms with van der Waals surface area (Å²) in [4.78, 5) is 13.7. The maximum atomic E-state index is 12.4. The molecule has 0 saturated carbocycles. The summed E-state index contributed by atoms with van der Waals surface area (Å²) in [6.45, 7) is 5.76. The average molecular weight is 455 g/mol. The number of likely N-dealkylation sites (tertiary alicyclic amines) is 1. The van der Waals surface area contributed by atoms with E-state index in [0.717, 1.165) is 5.56 Å². The molecule has 1 saturated heterocycles. The minimum atomic E-state index is -3.84. The van der Waals surface area contributed by atoms with Crippen LogP contribution in [0.3, 0.4) is 0 Å². The molecule has 1 aromatic heterocycles. The van der Waals surface area contributed by atoms with E-state index in [-0.39, 0.29) is 29.2 Å². The molecule has 0 unspecified atom stereocenters. The first-order valence-electron chi connectivity index (χ1n) is 9.50. The number of furan rings is 1. The van der Waals surface area contributed by atoms with E-state index in [1.54, 1.807) is 24.3 Å². The topological polar surface area (TPSA) is 114 Å². The van der Waals surface area contributed by atoms with Crippen molar-refractivity contribution < 1.29 is 26.0 Å². The molecule has 0 bridgehead atoms. The van der Waals surface area contributed by atoms with E-state index >= 15 is 0 Å². The summed E-state index contributed by atoms with van der Waals surface area (Å²) in [5.41, 5.74) is 0.900. The van der Waals surface area contributed by atoms with Gasteiger partial charge in [-0.15, -0.1) is 0 Å². The van der Waals surface area contributed by atoms with Crippen LogP contribution in [0.25, 0.3) is 0 Å². The lowest BCUT2D eigenvalue weighted by Crippen LogP contribution is -2.58. The molecule has 1 aliphatic rings. The maximum Gasteiger partial charge on any atom is 0.241 e. The molecule has 10 heteroatoms. The Hall–Kier alpha value is -2.17. The molecule has 8 nitrogen and oxygen atoms in total. The monoisotopic (exact) mass is 454 g/mol. The predicted octanol–water partition coefficient (Wildman–Crippen LogP) is 1.68. The van der Waals surface area contributed by atoms with Gasteiger partial charge in [-0.3, -0.25) is 4.79 Å². The van der Waals surface area contributed by atoms with Crippen molar-refractivity contribution in [3.8, 4) is 0 Å². The quantitative estimate of drug-likeness (QED) is 0.681. The van der Waals surface area contributed by atoms with E-state index in [9.17, 15) is 21.6 Å². The molecule has 3 rings (SSSR count). The number of nitrogens with one attached hydrogen (secondary N) is 1. The van der Waals surface area contributed by atoms with Crippen LogP contribution >= 0.6 is 0 Å². The lowest BCUT2D eigenvalue weighted by atomic mass is 9.87. The van der Waals surface area contributed by atoms with Crippen LogP contribution in [-0.2, 0) is 35.8 Å². The summed E-state index contributed by atoms with van der Waals surface area (Å²) in [6, 6.07) is 9.72. The first kappa shape index (κ1) is 22.5. The Labute approximate surface area is 177 Å². The van der Waals surface area contributed by atoms with Crippen molar-refractivity contribution in [3.63, 3.8) is 0 Å². The summed E-state index contributed by atoms with van der Waals surface area (Å²) < 4.78 is 56.9. The molecule has 1 fully saturated rings. The molecular weight excluding hydrogens is 428 g/mol. The summed E-state index contributed by atoms with van der Waals surface area (Å²) >= 11 is 0. The second-order valence-corrected chi connectivity index (χ2v) is 12.5. The summed E-state index contributed by atoms with van der Waals surface area (Å²) in [5, 5.41) is -0.673. The smallest absolute Gasteiger partial charge is 0.241 e. The number of hydrogen-bond donors (Lipinski definition) is 1. The van der Waals surface area contributed by atoms with Gasteiger partial charge in [0.25, 0.3) is 0 Å². The van der Waals surface area contributed by atoms with E-state index in [4.69, 9.17) is 4.42 Å². The molecule has 0 atom stereocenters. The van der Waals surface area contributed by atoms with Gasteiger partial charge in [-0.2, -0.15) is 0 Å². The van der Waals surface area contributed by atoms with Crippen molar-refractivity contribution in [1.82, 2.24) is 9.62 Å². The van der Waals surface area contributed by atoms with Crippen LogP contribution in [0.1, 0.15) is 32.1 Å². The molecular formula is C20H26N2O6S2. The summed E-state index contributed by atoms with van der Waals surface area (Å²) in [7, 11) is -7.28. The van der Waals surface area contributed by atoms with Crippen molar-refractivity contribution in [2.45, 2.75) is 42.1 Å². The van der Waals surface area contributed by atoms with E-state index in [1.807, 2.05) is 20.8 Å². The molecule has 1 aliphatic heterocycles. The highest BCUT2D eigenvalue weighted by atomic mass is 32.2. The number of carbonyl (C=O) groups excluding carboxylic acids is 1. The van der Waals surface area contributed by atoms with Gasteiger partial charge in [0.05, 0.1) is 23.0 Å². The second-order valence-electron chi connectivity index (χ2n) is 8.41. The lowest BCUT2D eigenvalue weighted by molar-refractivity contribution is -0.133. The van der Waals surface area contributed by atoms with Gasteiger partial charge >= 0.3 is 0 Å². The van der Waals surface area contributed by atoms with Crippen LogP contribution in [0, 0.1) is 0 Å². The standard InChI is InChI=1S/C20H26N2O6S2/c1-20(2,3)15-6-8-17(9-7-15)30(26,27)21-11-19(23)22-12-18(13-22)29(24,25)14-16-5-4-10-28-16/h4-10,18,21H,11-14H2,1-3H3. The number of benzene rings is 1. The Kier molecular flexibility index (Phi) is 6.13. The third kappa shape index (κ3) is 5.11. The number of carbonyl (C=O) groups is 1. The Morgan fingerprint density at radius 1 is 1.10 bits per heavy atom. The first-order valence-corrected chi connectivity index (χ1v) is 12.7. The lowest BCUT2D eigenvalue weighted by Gasteiger charge is -2.38. The predicted molar refractivity (Wildman–Crippen MR) is 112 cm³/mol. The maximum absolute atomic E-state index is 12.4. The largest absolute Gasteiger partial charge is 0.468 e. The van der Waals surface area contributed by atoms with Gasteiger partial charge in [-0.1, -0.05) is 32.9 Å². The van der Waals surface area contributed by atoms with E-state index in [0.29, 0.717) is 5.76 Å². The van der Waals surface area contributed by atoms with Gasteiger partial charge in [0, 0.05) is 13.1 Å². The molecule has 164 valence electrons. The molecule has 2 aromatic rings. The second kappa shape index (κ2) is 8.16. The zero-order valence-electron chi connectivity index (χ0n) is 17.2. The highest BCUT2D eigenvalue weighted by Crippen LogP contribution is 2.24. The zero-order chi connectivity index (χ0) is 22.2. The molecule has 0 spiro atoms. The normalized spacial score (nSPS) is 15.8. The number of hydrogen-bond acceptors (Lipinski definition) is 6. The fourth-order valence-electron chi connectivity index (χ4n) is 3.07. The van der Waals surface area contributed by atoms with Crippen LogP contribution in [0.4, 0.5) is 0 Å². The first-order chi connectivity index (χ1) is 13.9. The Morgan fingerprint density at radius 2 is 1.73 bits per heavy atom. The third-order valence-corrected chi connectivity index (χ3v) is 8.49. The van der Waals surface area contributed by atoms with Crippen molar-refractivity contribution in [2.24, 2.45) is 0 Å². The van der Waals surface area contributed by atoms with Crippen LogP contribution in [0.15, 0.2) is 52.0 Å². The number of sulfone groups is 1. The number of sulfonamides is 1. The van der Waals surface area contributed by atoms with Gasteiger partial charge in [-0.05, 0) is 35.2 Å². The van der Waals surface area contributed by atoms with Gasteiger partial charge < -0.3 is 9.32 Å². The molecule has 30 heavy (non-hydrogen) atoms. The molecule has 1 aromatic carbocycles. The highest BCUT2D eigenvalue weighted by Gasteiger charge is 2.40. The van der Waals surface area contributed by atoms with Gasteiger partial charge in [0.2, 0.25) is 15.9 Å². The van der Waals surface area contributed by atoms with Gasteiger partial charge in [-0.25, -0.2) is 21.6 Å². The number of nitrogens with zero attached hydrogens (tertiary/aromatic N) is 1.